The summed E-state index contributed by atoms with van der Waals surface area (Å²) in [5.74, 6) is -0.505. The second-order valence-corrected chi connectivity index (χ2v) is 5.64. The van der Waals surface area contributed by atoms with Gasteiger partial charge >= 0.3 is 0 Å². The number of carbonyl (C=O) groups excluding carboxylic acids is 1. The molecule has 2 aromatic rings. The first-order valence-electron chi connectivity index (χ1n) is 6.28. The Morgan fingerprint density at radius 2 is 1.91 bits per heavy atom. The number of carbonyl (C=O) groups is 1. The van der Waals surface area contributed by atoms with E-state index in [9.17, 15) is 4.79 Å². The summed E-state index contributed by atoms with van der Waals surface area (Å²) in [5, 5.41) is 15.1. The van der Waals surface area contributed by atoms with Crippen LogP contribution in [0.15, 0.2) is 64.8 Å². The Bertz CT molecular complexity index is 751. The number of amides is 1. The summed E-state index contributed by atoms with van der Waals surface area (Å²) in [4.78, 5) is 12.0. The van der Waals surface area contributed by atoms with E-state index in [1.807, 2.05) is 30.3 Å². The SMILES string of the molecule is N#CC(=CNc1ccc(Br)cc1)C(=O)Nc1cccc(Cl)c1. The minimum absolute atomic E-state index is 0.0390. The van der Waals surface area contributed by atoms with Gasteiger partial charge in [0.2, 0.25) is 0 Å². The topological polar surface area (TPSA) is 64.9 Å². The first-order chi connectivity index (χ1) is 10.6. The van der Waals surface area contributed by atoms with Crippen molar-refractivity contribution in [2.24, 2.45) is 0 Å². The molecule has 4 nitrogen and oxygen atoms in total. The highest BCUT2D eigenvalue weighted by atomic mass is 79.9. The normalized spacial score (nSPS) is 10.7. The lowest BCUT2D eigenvalue weighted by Crippen LogP contribution is -2.14. The van der Waals surface area contributed by atoms with Gasteiger partial charge in [0.05, 0.1) is 0 Å². The van der Waals surface area contributed by atoms with E-state index in [2.05, 4.69) is 26.6 Å². The number of halogens is 2. The van der Waals surface area contributed by atoms with Crippen LogP contribution in [-0.4, -0.2) is 5.91 Å². The third-order valence-electron chi connectivity index (χ3n) is 2.67. The van der Waals surface area contributed by atoms with Crippen molar-refractivity contribution in [2.45, 2.75) is 0 Å². The summed E-state index contributed by atoms with van der Waals surface area (Å²) in [6, 6.07) is 15.9. The molecule has 0 saturated carbocycles. The number of nitrogens with one attached hydrogen (secondary N) is 2. The molecule has 0 unspecified atom stereocenters. The smallest absolute Gasteiger partial charge is 0.267 e. The number of nitrogens with zero attached hydrogens (tertiary/aromatic N) is 1. The molecule has 6 heteroatoms. The van der Waals surface area contributed by atoms with Gasteiger partial charge in [0.25, 0.3) is 5.91 Å². The second-order valence-electron chi connectivity index (χ2n) is 4.29. The zero-order valence-electron chi connectivity index (χ0n) is 11.3. The van der Waals surface area contributed by atoms with Gasteiger partial charge in [0, 0.05) is 27.1 Å². The highest BCUT2D eigenvalue weighted by Crippen LogP contribution is 2.16. The van der Waals surface area contributed by atoms with E-state index in [1.54, 1.807) is 24.3 Å². The van der Waals surface area contributed by atoms with Gasteiger partial charge < -0.3 is 10.6 Å². The van der Waals surface area contributed by atoms with E-state index in [0.29, 0.717) is 10.7 Å². The van der Waals surface area contributed by atoms with Gasteiger partial charge in [-0.2, -0.15) is 5.26 Å². The quantitative estimate of drug-likeness (QED) is 0.607. The van der Waals surface area contributed by atoms with E-state index in [0.717, 1.165) is 10.2 Å². The van der Waals surface area contributed by atoms with Crippen LogP contribution in [0.3, 0.4) is 0 Å². The number of nitriles is 1. The molecule has 22 heavy (non-hydrogen) atoms. The number of hydrogen-bond donors (Lipinski definition) is 2. The van der Waals surface area contributed by atoms with Gasteiger partial charge in [-0.3, -0.25) is 4.79 Å². The molecule has 0 aromatic heterocycles. The van der Waals surface area contributed by atoms with Crippen molar-refractivity contribution < 1.29 is 4.79 Å². The fourth-order valence-corrected chi connectivity index (χ4v) is 2.07. The molecule has 0 aliphatic carbocycles. The maximum Gasteiger partial charge on any atom is 0.267 e. The van der Waals surface area contributed by atoms with Crippen LogP contribution in [0.1, 0.15) is 0 Å². The Kier molecular flexibility index (Phi) is 5.59. The molecule has 0 spiro atoms. The van der Waals surface area contributed by atoms with Crippen LogP contribution in [0.5, 0.6) is 0 Å². The van der Waals surface area contributed by atoms with E-state index in [-0.39, 0.29) is 5.57 Å². The van der Waals surface area contributed by atoms with Gasteiger partial charge in [-0.05, 0) is 42.5 Å². The van der Waals surface area contributed by atoms with Crippen molar-refractivity contribution in [1.29, 1.82) is 5.26 Å². The Hall–Kier alpha value is -2.29. The summed E-state index contributed by atoms with van der Waals surface area (Å²) in [6.07, 6.45) is 1.36. The lowest BCUT2D eigenvalue weighted by atomic mass is 10.2. The number of hydrogen-bond acceptors (Lipinski definition) is 3. The molecule has 2 N–H and O–H groups in total. The maximum atomic E-state index is 12.0. The molecule has 0 aliphatic heterocycles. The molecule has 0 heterocycles. The monoisotopic (exact) mass is 375 g/mol. The second kappa shape index (κ2) is 7.64. The van der Waals surface area contributed by atoms with Crippen LogP contribution < -0.4 is 10.6 Å². The molecular formula is C16H11BrClN3O. The molecule has 0 bridgehead atoms. The largest absolute Gasteiger partial charge is 0.360 e. The number of anilines is 2. The average molecular weight is 377 g/mol. The van der Waals surface area contributed by atoms with E-state index < -0.39 is 5.91 Å². The van der Waals surface area contributed by atoms with Crippen LogP contribution in [0.2, 0.25) is 5.02 Å². The van der Waals surface area contributed by atoms with Crippen LogP contribution in [0.25, 0.3) is 0 Å². The first-order valence-corrected chi connectivity index (χ1v) is 7.45. The van der Waals surface area contributed by atoms with Crippen molar-refractivity contribution in [2.75, 3.05) is 10.6 Å². The first kappa shape index (κ1) is 16.1. The lowest BCUT2D eigenvalue weighted by molar-refractivity contribution is -0.112. The summed E-state index contributed by atoms with van der Waals surface area (Å²) < 4.78 is 0.946. The Morgan fingerprint density at radius 3 is 2.55 bits per heavy atom. The van der Waals surface area contributed by atoms with E-state index >= 15 is 0 Å². The van der Waals surface area contributed by atoms with Crippen molar-refractivity contribution in [3.8, 4) is 6.07 Å². The van der Waals surface area contributed by atoms with Gasteiger partial charge in [-0.1, -0.05) is 33.6 Å². The van der Waals surface area contributed by atoms with Crippen LogP contribution in [0, 0.1) is 11.3 Å². The summed E-state index contributed by atoms with van der Waals surface area (Å²) in [5.41, 5.74) is 1.26. The summed E-state index contributed by atoms with van der Waals surface area (Å²) in [6.45, 7) is 0. The Morgan fingerprint density at radius 1 is 1.18 bits per heavy atom. The molecule has 1 amide bonds. The van der Waals surface area contributed by atoms with Gasteiger partial charge in [-0.25, -0.2) is 0 Å². The molecular weight excluding hydrogens is 366 g/mol. The lowest BCUT2D eigenvalue weighted by Gasteiger charge is -2.05. The molecule has 2 aromatic carbocycles. The Labute approximate surface area is 141 Å². The molecule has 0 fully saturated rings. The summed E-state index contributed by atoms with van der Waals surface area (Å²) in [7, 11) is 0. The highest BCUT2D eigenvalue weighted by molar-refractivity contribution is 9.10. The minimum Gasteiger partial charge on any atom is -0.360 e. The number of rotatable bonds is 4. The molecule has 110 valence electrons. The van der Waals surface area contributed by atoms with E-state index in [4.69, 9.17) is 16.9 Å². The average Bonchev–Trinajstić information content (AvgIpc) is 2.49. The van der Waals surface area contributed by atoms with Crippen LogP contribution >= 0.6 is 27.5 Å². The van der Waals surface area contributed by atoms with Gasteiger partial charge in [-0.15, -0.1) is 0 Å². The molecule has 2 rings (SSSR count). The minimum atomic E-state index is -0.505. The zero-order valence-corrected chi connectivity index (χ0v) is 13.6. The highest BCUT2D eigenvalue weighted by Gasteiger charge is 2.09. The van der Waals surface area contributed by atoms with E-state index in [1.165, 1.54) is 6.20 Å². The molecule has 0 radical (unpaired) electrons. The van der Waals surface area contributed by atoms with Gasteiger partial charge in [0.15, 0.2) is 0 Å². The fraction of sp³-hybridized carbons (Fsp3) is 0. The van der Waals surface area contributed by atoms with Crippen LogP contribution in [-0.2, 0) is 4.79 Å². The van der Waals surface area contributed by atoms with Crippen molar-refractivity contribution in [3.63, 3.8) is 0 Å². The van der Waals surface area contributed by atoms with Gasteiger partial charge in [0.1, 0.15) is 11.6 Å². The Balaban J connectivity index is 2.07. The molecule has 0 saturated heterocycles. The third kappa shape index (κ3) is 4.62. The molecule has 0 atom stereocenters. The number of benzene rings is 2. The fourth-order valence-electron chi connectivity index (χ4n) is 1.61. The summed E-state index contributed by atoms with van der Waals surface area (Å²) >= 11 is 9.18. The van der Waals surface area contributed by atoms with Crippen molar-refractivity contribution in [3.05, 3.63) is 69.8 Å². The third-order valence-corrected chi connectivity index (χ3v) is 3.44. The van der Waals surface area contributed by atoms with Crippen molar-refractivity contribution >= 4 is 44.8 Å². The predicted octanol–water partition coefficient (Wildman–Crippen LogP) is 4.56. The maximum absolute atomic E-state index is 12.0. The molecule has 0 aliphatic rings. The standard InChI is InChI=1S/C16H11BrClN3O/c17-12-4-6-14(7-5-12)20-10-11(9-19)16(22)21-15-3-1-2-13(18)8-15/h1-8,10,20H,(H,21,22). The predicted molar refractivity (Wildman–Crippen MR) is 91.5 cm³/mol. The zero-order chi connectivity index (χ0) is 15.9. The van der Waals surface area contributed by atoms with Crippen LogP contribution in [0.4, 0.5) is 11.4 Å². The van der Waals surface area contributed by atoms with Crippen molar-refractivity contribution in [1.82, 2.24) is 0 Å².